The Bertz CT molecular complexity index is 574. The van der Waals surface area contributed by atoms with Crippen LogP contribution < -0.4 is 5.32 Å². The normalized spacial score (nSPS) is 12.4. The molecule has 2 aromatic rings. The number of hydrogen-bond donors (Lipinski definition) is 1. The lowest BCUT2D eigenvalue weighted by molar-refractivity contribution is 0.568. The molecule has 0 aliphatic carbocycles. The topological polar surface area (TPSA) is 12.0 Å². The lowest BCUT2D eigenvalue weighted by atomic mass is 10.1. The molecule has 2 rings (SSSR count). The van der Waals surface area contributed by atoms with Crippen molar-refractivity contribution in [3.05, 3.63) is 68.9 Å². The number of benzene rings is 2. The van der Waals surface area contributed by atoms with E-state index in [2.05, 4.69) is 21.2 Å². The summed E-state index contributed by atoms with van der Waals surface area (Å²) in [7, 11) is 0. The van der Waals surface area contributed by atoms with Crippen LogP contribution in [0.5, 0.6) is 0 Å². The smallest absolute Gasteiger partial charge is 0.137 e. The van der Waals surface area contributed by atoms with Gasteiger partial charge in [-0.25, -0.2) is 4.39 Å². The zero-order valence-electron chi connectivity index (χ0n) is 10.5. The fraction of sp³-hybridized carbons (Fsp3) is 0.200. The van der Waals surface area contributed by atoms with Crippen molar-refractivity contribution in [1.29, 1.82) is 0 Å². The molecule has 0 aliphatic heterocycles. The predicted octanol–water partition coefficient (Wildman–Crippen LogP) is 5.09. The molecule has 1 atom stereocenters. The van der Waals surface area contributed by atoms with E-state index in [1.165, 1.54) is 6.07 Å². The summed E-state index contributed by atoms with van der Waals surface area (Å²) in [5.41, 5.74) is 1.95. The van der Waals surface area contributed by atoms with E-state index in [1.54, 1.807) is 6.07 Å². The molecule has 0 spiro atoms. The Kier molecular flexibility index (Phi) is 4.97. The van der Waals surface area contributed by atoms with Gasteiger partial charge in [0.2, 0.25) is 0 Å². The van der Waals surface area contributed by atoms with Crippen LogP contribution in [0.25, 0.3) is 0 Å². The standard InChI is InChI=1S/C15H14BrClFN/c1-10(12-4-2-3-5-14(12)17)19-9-11-6-7-13(16)15(18)8-11/h2-8,10,19H,9H2,1H3/t10-/m1/s1. The monoisotopic (exact) mass is 341 g/mol. The first-order chi connectivity index (χ1) is 9.08. The predicted molar refractivity (Wildman–Crippen MR) is 80.8 cm³/mol. The molecule has 0 amide bonds. The zero-order valence-corrected chi connectivity index (χ0v) is 12.8. The third-order valence-corrected chi connectivity index (χ3v) is 3.96. The average molecular weight is 343 g/mol. The van der Waals surface area contributed by atoms with E-state index in [9.17, 15) is 4.39 Å². The highest BCUT2D eigenvalue weighted by Gasteiger charge is 2.08. The Hall–Kier alpha value is -0.900. The van der Waals surface area contributed by atoms with Gasteiger partial charge < -0.3 is 5.32 Å². The Labute approximate surface area is 125 Å². The number of hydrogen-bond acceptors (Lipinski definition) is 1. The van der Waals surface area contributed by atoms with Crippen molar-refractivity contribution >= 4 is 27.5 Å². The van der Waals surface area contributed by atoms with Gasteiger partial charge in [-0.3, -0.25) is 0 Å². The molecule has 0 aliphatic rings. The minimum absolute atomic E-state index is 0.111. The van der Waals surface area contributed by atoms with Crippen LogP contribution in [0.3, 0.4) is 0 Å². The van der Waals surface area contributed by atoms with Gasteiger partial charge in [0.1, 0.15) is 5.82 Å². The molecular weight excluding hydrogens is 329 g/mol. The second-order valence-corrected chi connectivity index (χ2v) is 5.63. The van der Waals surface area contributed by atoms with E-state index in [4.69, 9.17) is 11.6 Å². The minimum Gasteiger partial charge on any atom is -0.306 e. The van der Waals surface area contributed by atoms with Crippen LogP contribution in [-0.4, -0.2) is 0 Å². The maximum Gasteiger partial charge on any atom is 0.137 e. The summed E-state index contributed by atoms with van der Waals surface area (Å²) in [5, 5.41) is 4.08. The number of halogens is 3. The number of nitrogens with one attached hydrogen (secondary N) is 1. The molecule has 0 aromatic heterocycles. The summed E-state index contributed by atoms with van der Waals surface area (Å²) in [6, 6.07) is 13.0. The van der Waals surface area contributed by atoms with Crippen LogP contribution in [0.2, 0.25) is 5.02 Å². The SMILES string of the molecule is C[C@@H](NCc1ccc(Br)c(F)c1)c1ccccc1Cl. The molecular formula is C15H14BrClFN. The van der Waals surface area contributed by atoms with E-state index in [0.29, 0.717) is 11.0 Å². The molecule has 0 unspecified atom stereocenters. The molecule has 0 saturated carbocycles. The average Bonchev–Trinajstić information content (AvgIpc) is 2.40. The van der Waals surface area contributed by atoms with Crippen LogP contribution in [0.4, 0.5) is 4.39 Å². The third-order valence-electron chi connectivity index (χ3n) is 2.97. The summed E-state index contributed by atoms with van der Waals surface area (Å²) in [4.78, 5) is 0. The Morgan fingerprint density at radius 3 is 2.68 bits per heavy atom. The Balaban J connectivity index is 2.02. The third kappa shape index (κ3) is 3.78. The van der Waals surface area contributed by atoms with Gasteiger partial charge in [0.15, 0.2) is 0 Å². The second-order valence-electron chi connectivity index (χ2n) is 4.37. The molecule has 0 fully saturated rings. The largest absolute Gasteiger partial charge is 0.306 e. The van der Waals surface area contributed by atoms with Crippen molar-refractivity contribution < 1.29 is 4.39 Å². The van der Waals surface area contributed by atoms with Gasteiger partial charge in [0.25, 0.3) is 0 Å². The lowest BCUT2D eigenvalue weighted by Crippen LogP contribution is -2.18. The maximum atomic E-state index is 13.4. The first kappa shape index (κ1) is 14.5. The molecule has 4 heteroatoms. The number of rotatable bonds is 4. The minimum atomic E-state index is -0.246. The molecule has 1 N–H and O–H groups in total. The molecule has 0 saturated heterocycles. The van der Waals surface area contributed by atoms with Crippen LogP contribution in [0, 0.1) is 5.82 Å². The van der Waals surface area contributed by atoms with Crippen LogP contribution >= 0.6 is 27.5 Å². The van der Waals surface area contributed by atoms with Crippen LogP contribution in [0.1, 0.15) is 24.1 Å². The van der Waals surface area contributed by atoms with Gasteiger partial charge in [-0.05, 0) is 52.2 Å². The van der Waals surface area contributed by atoms with Gasteiger partial charge in [-0.15, -0.1) is 0 Å². The summed E-state index contributed by atoms with van der Waals surface area (Å²) >= 11 is 9.28. The molecule has 0 radical (unpaired) electrons. The molecule has 0 heterocycles. The van der Waals surface area contributed by atoms with E-state index in [1.807, 2.05) is 37.3 Å². The van der Waals surface area contributed by atoms with Gasteiger partial charge in [0, 0.05) is 17.6 Å². The van der Waals surface area contributed by atoms with Gasteiger partial charge in [-0.2, -0.15) is 0 Å². The van der Waals surface area contributed by atoms with Crippen molar-refractivity contribution in [1.82, 2.24) is 5.32 Å². The fourth-order valence-corrected chi connectivity index (χ4v) is 2.40. The van der Waals surface area contributed by atoms with Crippen LogP contribution in [0.15, 0.2) is 46.9 Å². The van der Waals surface area contributed by atoms with Gasteiger partial charge in [0.05, 0.1) is 4.47 Å². The lowest BCUT2D eigenvalue weighted by Gasteiger charge is -2.15. The summed E-state index contributed by atoms with van der Waals surface area (Å²) in [6.07, 6.45) is 0. The molecule has 0 bridgehead atoms. The van der Waals surface area contributed by atoms with E-state index in [0.717, 1.165) is 16.1 Å². The molecule has 2 aromatic carbocycles. The highest BCUT2D eigenvalue weighted by Crippen LogP contribution is 2.23. The first-order valence-electron chi connectivity index (χ1n) is 5.99. The van der Waals surface area contributed by atoms with Crippen LogP contribution in [-0.2, 0) is 6.54 Å². The summed E-state index contributed by atoms with van der Waals surface area (Å²) in [5.74, 6) is -0.246. The maximum absolute atomic E-state index is 13.4. The summed E-state index contributed by atoms with van der Waals surface area (Å²) in [6.45, 7) is 2.63. The highest BCUT2D eigenvalue weighted by atomic mass is 79.9. The van der Waals surface area contributed by atoms with Gasteiger partial charge >= 0.3 is 0 Å². The highest BCUT2D eigenvalue weighted by molar-refractivity contribution is 9.10. The Morgan fingerprint density at radius 1 is 1.26 bits per heavy atom. The van der Waals surface area contributed by atoms with E-state index >= 15 is 0 Å². The first-order valence-corrected chi connectivity index (χ1v) is 7.17. The molecule has 1 nitrogen and oxygen atoms in total. The zero-order chi connectivity index (χ0) is 13.8. The van der Waals surface area contributed by atoms with Crippen molar-refractivity contribution in [2.45, 2.75) is 19.5 Å². The van der Waals surface area contributed by atoms with E-state index < -0.39 is 0 Å². The van der Waals surface area contributed by atoms with Crippen molar-refractivity contribution in [2.24, 2.45) is 0 Å². The van der Waals surface area contributed by atoms with Crippen molar-refractivity contribution in [2.75, 3.05) is 0 Å². The van der Waals surface area contributed by atoms with Crippen molar-refractivity contribution in [3.63, 3.8) is 0 Å². The quantitative estimate of drug-likeness (QED) is 0.816. The van der Waals surface area contributed by atoms with Crippen molar-refractivity contribution in [3.8, 4) is 0 Å². The van der Waals surface area contributed by atoms with Gasteiger partial charge in [-0.1, -0.05) is 35.9 Å². The van der Waals surface area contributed by atoms with E-state index in [-0.39, 0.29) is 11.9 Å². The Morgan fingerprint density at radius 2 is 2.00 bits per heavy atom. The molecule has 100 valence electrons. The fourth-order valence-electron chi connectivity index (χ4n) is 1.86. The second kappa shape index (κ2) is 6.51. The summed E-state index contributed by atoms with van der Waals surface area (Å²) < 4.78 is 13.9. The molecule has 19 heavy (non-hydrogen) atoms.